The van der Waals surface area contributed by atoms with Crippen LogP contribution in [0.5, 0.6) is 0 Å². The molecule has 0 aliphatic rings. The number of carbonyl (C=O) groups excluding carboxylic acids is 1. The molecular formula is C24H28N4O3. The lowest BCUT2D eigenvalue weighted by Gasteiger charge is -2.20. The molecule has 7 nitrogen and oxygen atoms in total. The van der Waals surface area contributed by atoms with E-state index in [1.807, 2.05) is 68.4 Å². The second-order valence-electron chi connectivity index (χ2n) is 7.62. The maximum absolute atomic E-state index is 13.1. The molecule has 2 aromatic carbocycles. The van der Waals surface area contributed by atoms with Gasteiger partial charge in [-0.3, -0.25) is 24.0 Å². The number of nitrogens with two attached hydrogens (primary N) is 1. The van der Waals surface area contributed by atoms with Crippen LogP contribution in [0.3, 0.4) is 0 Å². The molecule has 0 spiro atoms. The highest BCUT2D eigenvalue weighted by Gasteiger charge is 2.23. The van der Waals surface area contributed by atoms with Crippen molar-refractivity contribution in [3.63, 3.8) is 0 Å². The number of Topliss-reactive ketones (excluding diaryl/α,β-unsaturated/α-hetero) is 1. The van der Waals surface area contributed by atoms with E-state index < -0.39 is 17.0 Å². The molecule has 1 aromatic heterocycles. The predicted octanol–water partition coefficient (Wildman–Crippen LogP) is 2.41. The van der Waals surface area contributed by atoms with Gasteiger partial charge in [0.1, 0.15) is 11.4 Å². The number of carbonyl (C=O) groups is 1. The number of nitrogens with one attached hydrogen (secondary N) is 1. The van der Waals surface area contributed by atoms with E-state index >= 15 is 0 Å². The summed E-state index contributed by atoms with van der Waals surface area (Å²) in [4.78, 5) is 38.1. The SMILES string of the molecule is CCCn1c(N)c(C(=O)CN[C@@H](c2ccccc2)c2ccc(C)cc2)c(=O)n(C)c1=O. The second-order valence-corrected chi connectivity index (χ2v) is 7.62. The third-order valence-electron chi connectivity index (χ3n) is 5.32. The summed E-state index contributed by atoms with van der Waals surface area (Å²) in [6, 6.07) is 17.6. The lowest BCUT2D eigenvalue weighted by atomic mass is 9.97. The van der Waals surface area contributed by atoms with Crippen molar-refractivity contribution in [1.82, 2.24) is 14.5 Å². The third kappa shape index (κ3) is 4.67. The molecule has 0 saturated carbocycles. The first-order valence-corrected chi connectivity index (χ1v) is 10.3. The molecule has 31 heavy (non-hydrogen) atoms. The van der Waals surface area contributed by atoms with Crippen molar-refractivity contribution < 1.29 is 4.79 Å². The highest BCUT2D eigenvalue weighted by Crippen LogP contribution is 2.22. The van der Waals surface area contributed by atoms with Gasteiger partial charge in [-0.15, -0.1) is 0 Å². The van der Waals surface area contributed by atoms with E-state index in [1.54, 1.807) is 0 Å². The van der Waals surface area contributed by atoms with Gasteiger partial charge in [-0.1, -0.05) is 67.1 Å². The topological polar surface area (TPSA) is 99.1 Å². The lowest BCUT2D eigenvalue weighted by Crippen LogP contribution is -2.44. The number of ketones is 1. The fourth-order valence-corrected chi connectivity index (χ4v) is 3.60. The van der Waals surface area contributed by atoms with Crippen LogP contribution < -0.4 is 22.3 Å². The summed E-state index contributed by atoms with van der Waals surface area (Å²) in [6.45, 7) is 4.15. The minimum atomic E-state index is -0.673. The van der Waals surface area contributed by atoms with Crippen molar-refractivity contribution in [3.05, 3.63) is 97.7 Å². The monoisotopic (exact) mass is 420 g/mol. The second kappa shape index (κ2) is 9.57. The number of benzene rings is 2. The van der Waals surface area contributed by atoms with Crippen LogP contribution in [0.15, 0.2) is 64.2 Å². The first-order chi connectivity index (χ1) is 14.8. The van der Waals surface area contributed by atoms with Gasteiger partial charge in [0.2, 0.25) is 0 Å². The Morgan fingerprint density at radius 1 is 1.03 bits per heavy atom. The third-order valence-corrected chi connectivity index (χ3v) is 5.32. The first kappa shape index (κ1) is 22.2. The van der Waals surface area contributed by atoms with Crippen LogP contribution in [-0.4, -0.2) is 21.5 Å². The lowest BCUT2D eigenvalue weighted by molar-refractivity contribution is 0.0986. The zero-order valence-electron chi connectivity index (χ0n) is 18.1. The molecule has 0 amide bonds. The van der Waals surface area contributed by atoms with Gasteiger partial charge < -0.3 is 5.73 Å². The molecule has 0 radical (unpaired) electrons. The molecule has 0 aliphatic carbocycles. The van der Waals surface area contributed by atoms with Gasteiger partial charge in [0, 0.05) is 13.6 Å². The fraction of sp³-hybridized carbons (Fsp3) is 0.292. The first-order valence-electron chi connectivity index (χ1n) is 10.3. The van der Waals surface area contributed by atoms with Crippen LogP contribution in [0.1, 0.15) is 46.4 Å². The van der Waals surface area contributed by atoms with E-state index in [0.29, 0.717) is 13.0 Å². The Kier molecular flexibility index (Phi) is 6.87. The van der Waals surface area contributed by atoms with Gasteiger partial charge in [-0.05, 0) is 24.5 Å². The van der Waals surface area contributed by atoms with E-state index in [2.05, 4.69) is 5.32 Å². The van der Waals surface area contributed by atoms with Crippen molar-refractivity contribution in [2.45, 2.75) is 32.9 Å². The Labute approximate surface area is 181 Å². The molecule has 3 N–H and O–H groups in total. The number of hydrogen-bond acceptors (Lipinski definition) is 5. The van der Waals surface area contributed by atoms with E-state index in [-0.39, 0.29) is 24.0 Å². The molecule has 3 rings (SSSR count). The van der Waals surface area contributed by atoms with E-state index in [4.69, 9.17) is 5.73 Å². The van der Waals surface area contributed by atoms with Gasteiger partial charge in [0.15, 0.2) is 5.78 Å². The van der Waals surface area contributed by atoms with Gasteiger partial charge >= 0.3 is 5.69 Å². The standard InChI is InChI=1S/C24H28N4O3/c1-4-14-28-22(25)20(23(30)27(3)24(28)31)19(29)15-26-21(17-8-6-5-7-9-17)18-12-10-16(2)11-13-18/h5-13,21,26H,4,14-15,25H2,1-3H3/t21-/m0/s1. The fourth-order valence-electron chi connectivity index (χ4n) is 3.60. The van der Waals surface area contributed by atoms with Crippen molar-refractivity contribution in [2.75, 3.05) is 12.3 Å². The Morgan fingerprint density at radius 2 is 1.65 bits per heavy atom. The van der Waals surface area contributed by atoms with Crippen LogP contribution in [0.4, 0.5) is 5.82 Å². The Hall–Kier alpha value is -3.45. The molecule has 0 bridgehead atoms. The predicted molar refractivity (Wildman–Crippen MR) is 122 cm³/mol. The largest absolute Gasteiger partial charge is 0.384 e. The normalized spacial score (nSPS) is 12.0. The molecule has 3 aromatic rings. The maximum atomic E-state index is 13.1. The van der Waals surface area contributed by atoms with Crippen LogP contribution in [-0.2, 0) is 13.6 Å². The van der Waals surface area contributed by atoms with Crippen LogP contribution in [0, 0.1) is 6.92 Å². The molecule has 7 heteroatoms. The minimum absolute atomic E-state index is 0.0756. The average molecular weight is 421 g/mol. The summed E-state index contributed by atoms with van der Waals surface area (Å²) in [6.07, 6.45) is 0.650. The maximum Gasteiger partial charge on any atom is 0.332 e. The van der Waals surface area contributed by atoms with Crippen molar-refractivity contribution in [3.8, 4) is 0 Å². The van der Waals surface area contributed by atoms with Crippen LogP contribution in [0.25, 0.3) is 0 Å². The molecule has 1 heterocycles. The number of rotatable bonds is 8. The number of aromatic nitrogens is 2. The Balaban J connectivity index is 1.94. The van der Waals surface area contributed by atoms with Gasteiger partial charge in [0.25, 0.3) is 5.56 Å². The summed E-state index contributed by atoms with van der Waals surface area (Å²) in [5.41, 5.74) is 7.88. The number of anilines is 1. The highest BCUT2D eigenvalue weighted by molar-refractivity contribution is 6.01. The van der Waals surface area contributed by atoms with Gasteiger partial charge in [-0.2, -0.15) is 0 Å². The summed E-state index contributed by atoms with van der Waals surface area (Å²) >= 11 is 0. The molecule has 0 fully saturated rings. The number of nitrogens with zero attached hydrogens (tertiary/aromatic N) is 2. The molecule has 162 valence electrons. The van der Waals surface area contributed by atoms with Gasteiger partial charge in [-0.25, -0.2) is 4.79 Å². The van der Waals surface area contributed by atoms with E-state index in [1.165, 1.54) is 11.6 Å². The molecular weight excluding hydrogens is 392 g/mol. The highest BCUT2D eigenvalue weighted by atomic mass is 16.2. The summed E-state index contributed by atoms with van der Waals surface area (Å²) in [5.74, 6) is -0.524. The molecule has 1 atom stereocenters. The van der Waals surface area contributed by atoms with E-state index in [0.717, 1.165) is 21.3 Å². The number of hydrogen-bond donors (Lipinski definition) is 2. The molecule has 0 aliphatic heterocycles. The Morgan fingerprint density at radius 3 is 2.26 bits per heavy atom. The minimum Gasteiger partial charge on any atom is -0.384 e. The van der Waals surface area contributed by atoms with Crippen molar-refractivity contribution in [1.29, 1.82) is 0 Å². The zero-order valence-corrected chi connectivity index (χ0v) is 18.1. The summed E-state index contributed by atoms with van der Waals surface area (Å²) < 4.78 is 2.22. The average Bonchev–Trinajstić information content (AvgIpc) is 2.77. The quantitative estimate of drug-likeness (QED) is 0.545. The molecule has 0 unspecified atom stereocenters. The van der Waals surface area contributed by atoms with E-state index in [9.17, 15) is 14.4 Å². The van der Waals surface area contributed by atoms with Gasteiger partial charge in [0.05, 0.1) is 12.6 Å². The molecule has 0 saturated heterocycles. The zero-order chi connectivity index (χ0) is 22.5. The summed E-state index contributed by atoms with van der Waals surface area (Å²) in [7, 11) is 1.36. The number of aryl methyl sites for hydroxylation is 1. The van der Waals surface area contributed by atoms with Crippen LogP contribution in [0.2, 0.25) is 0 Å². The number of nitrogen functional groups attached to an aromatic ring is 1. The Bertz CT molecular complexity index is 1180. The smallest absolute Gasteiger partial charge is 0.332 e. The van der Waals surface area contributed by atoms with Crippen molar-refractivity contribution in [2.24, 2.45) is 7.05 Å². The van der Waals surface area contributed by atoms with Crippen molar-refractivity contribution >= 4 is 11.6 Å². The van der Waals surface area contributed by atoms with Crippen LogP contribution >= 0.6 is 0 Å². The summed E-state index contributed by atoms with van der Waals surface area (Å²) in [5, 5.41) is 3.27.